The highest BCUT2D eigenvalue weighted by atomic mass is 16.3. The molecule has 5 heteroatoms. The molecule has 1 amide bonds. The maximum absolute atomic E-state index is 12.0. The van der Waals surface area contributed by atoms with Crippen LogP contribution in [0.5, 0.6) is 0 Å². The van der Waals surface area contributed by atoms with Crippen LogP contribution in [0, 0.1) is 13.8 Å². The Kier molecular flexibility index (Phi) is 3.43. The van der Waals surface area contributed by atoms with Gasteiger partial charge in [0.25, 0.3) is 5.91 Å². The van der Waals surface area contributed by atoms with E-state index in [1.54, 1.807) is 24.3 Å². The molecule has 0 aliphatic carbocycles. The normalized spacial score (nSPS) is 10.4. The minimum absolute atomic E-state index is 0.0259. The standard InChI is InChI=1S/C13H15N3O2/c1-8-12(9(2)16-15-8)14-13(18)11-5-3-10(7-17)4-6-11/h3-6,17H,7H2,1-2H3,(H,14,18)(H,15,16). The van der Waals surface area contributed by atoms with Crippen molar-refractivity contribution in [3.8, 4) is 0 Å². The molecule has 0 saturated carbocycles. The van der Waals surface area contributed by atoms with Gasteiger partial charge in [0.2, 0.25) is 0 Å². The molecule has 5 nitrogen and oxygen atoms in total. The number of rotatable bonds is 3. The summed E-state index contributed by atoms with van der Waals surface area (Å²) in [6.45, 7) is 3.65. The van der Waals surface area contributed by atoms with Crippen LogP contribution in [-0.4, -0.2) is 21.2 Å². The molecule has 0 atom stereocenters. The molecule has 1 aromatic carbocycles. The number of H-pyrrole nitrogens is 1. The Bertz CT molecular complexity index is 539. The first-order valence-electron chi connectivity index (χ1n) is 5.64. The van der Waals surface area contributed by atoms with E-state index in [0.29, 0.717) is 11.3 Å². The first-order chi connectivity index (χ1) is 8.61. The monoisotopic (exact) mass is 245 g/mol. The molecule has 0 fully saturated rings. The lowest BCUT2D eigenvalue weighted by Crippen LogP contribution is -2.12. The minimum atomic E-state index is -0.188. The number of benzene rings is 1. The number of aryl methyl sites for hydroxylation is 2. The smallest absolute Gasteiger partial charge is 0.255 e. The molecule has 0 aliphatic heterocycles. The second-order valence-corrected chi connectivity index (χ2v) is 4.12. The van der Waals surface area contributed by atoms with Crippen LogP contribution in [-0.2, 0) is 6.61 Å². The molecule has 0 radical (unpaired) electrons. The van der Waals surface area contributed by atoms with Gasteiger partial charge in [-0.1, -0.05) is 12.1 Å². The number of carbonyl (C=O) groups is 1. The zero-order chi connectivity index (χ0) is 13.1. The lowest BCUT2D eigenvalue weighted by Gasteiger charge is -2.05. The van der Waals surface area contributed by atoms with Crippen LogP contribution in [0.4, 0.5) is 5.69 Å². The van der Waals surface area contributed by atoms with E-state index in [2.05, 4.69) is 15.5 Å². The number of nitrogens with zero attached hydrogens (tertiary/aromatic N) is 1. The second-order valence-electron chi connectivity index (χ2n) is 4.12. The highest BCUT2D eigenvalue weighted by Gasteiger charge is 2.11. The summed E-state index contributed by atoms with van der Waals surface area (Å²) in [5.74, 6) is -0.188. The van der Waals surface area contributed by atoms with E-state index in [1.807, 2.05) is 13.8 Å². The highest BCUT2D eigenvalue weighted by molar-refractivity contribution is 6.04. The lowest BCUT2D eigenvalue weighted by atomic mass is 10.1. The number of hydrogen-bond donors (Lipinski definition) is 3. The molecule has 0 spiro atoms. The molecular weight excluding hydrogens is 230 g/mol. The maximum Gasteiger partial charge on any atom is 0.255 e. The quantitative estimate of drug-likeness (QED) is 0.771. The van der Waals surface area contributed by atoms with Crippen LogP contribution >= 0.6 is 0 Å². The van der Waals surface area contributed by atoms with Gasteiger partial charge in [-0.3, -0.25) is 9.89 Å². The van der Waals surface area contributed by atoms with Crippen molar-refractivity contribution >= 4 is 11.6 Å². The maximum atomic E-state index is 12.0. The molecule has 2 rings (SSSR count). The Morgan fingerprint density at radius 3 is 2.50 bits per heavy atom. The first kappa shape index (κ1) is 12.3. The largest absolute Gasteiger partial charge is 0.392 e. The van der Waals surface area contributed by atoms with E-state index in [9.17, 15) is 4.79 Å². The summed E-state index contributed by atoms with van der Waals surface area (Å²) in [6.07, 6.45) is 0. The summed E-state index contributed by atoms with van der Waals surface area (Å²) in [5, 5.41) is 18.6. The third-order valence-corrected chi connectivity index (χ3v) is 2.77. The SMILES string of the molecule is Cc1n[nH]c(C)c1NC(=O)c1ccc(CO)cc1. The molecule has 94 valence electrons. The summed E-state index contributed by atoms with van der Waals surface area (Å²) in [4.78, 5) is 12.0. The topological polar surface area (TPSA) is 78.0 Å². The number of carbonyl (C=O) groups excluding carboxylic acids is 1. The van der Waals surface area contributed by atoms with Gasteiger partial charge in [-0.05, 0) is 31.5 Å². The van der Waals surface area contributed by atoms with E-state index in [1.165, 1.54) is 0 Å². The summed E-state index contributed by atoms with van der Waals surface area (Å²) in [7, 11) is 0. The Hall–Kier alpha value is -2.14. The molecule has 0 bridgehead atoms. The van der Waals surface area contributed by atoms with Crippen molar-refractivity contribution in [2.75, 3.05) is 5.32 Å². The van der Waals surface area contributed by atoms with Crippen molar-refractivity contribution in [2.24, 2.45) is 0 Å². The van der Waals surface area contributed by atoms with Gasteiger partial charge < -0.3 is 10.4 Å². The Labute approximate surface area is 105 Å². The molecule has 3 N–H and O–H groups in total. The lowest BCUT2D eigenvalue weighted by molar-refractivity contribution is 0.102. The highest BCUT2D eigenvalue weighted by Crippen LogP contribution is 2.17. The van der Waals surface area contributed by atoms with Crippen LogP contribution < -0.4 is 5.32 Å². The number of amides is 1. The molecule has 1 heterocycles. The van der Waals surface area contributed by atoms with E-state index in [0.717, 1.165) is 17.0 Å². The average Bonchev–Trinajstić information content (AvgIpc) is 2.70. The van der Waals surface area contributed by atoms with Crippen LogP contribution in [0.1, 0.15) is 27.3 Å². The molecule has 0 unspecified atom stereocenters. The van der Waals surface area contributed by atoms with E-state index in [4.69, 9.17) is 5.11 Å². The number of anilines is 1. The van der Waals surface area contributed by atoms with Crippen LogP contribution in [0.2, 0.25) is 0 Å². The molecule has 0 saturated heterocycles. The second kappa shape index (κ2) is 5.01. The zero-order valence-electron chi connectivity index (χ0n) is 10.3. The fourth-order valence-electron chi connectivity index (χ4n) is 1.68. The van der Waals surface area contributed by atoms with Crippen molar-refractivity contribution in [1.82, 2.24) is 10.2 Å². The number of aromatic nitrogens is 2. The van der Waals surface area contributed by atoms with E-state index < -0.39 is 0 Å². The van der Waals surface area contributed by atoms with Crippen molar-refractivity contribution in [2.45, 2.75) is 20.5 Å². The van der Waals surface area contributed by atoms with Crippen molar-refractivity contribution in [1.29, 1.82) is 0 Å². The van der Waals surface area contributed by atoms with Gasteiger partial charge in [0.1, 0.15) is 0 Å². The fraction of sp³-hybridized carbons (Fsp3) is 0.231. The van der Waals surface area contributed by atoms with Crippen LogP contribution in [0.25, 0.3) is 0 Å². The number of nitrogens with one attached hydrogen (secondary N) is 2. The molecule has 18 heavy (non-hydrogen) atoms. The van der Waals surface area contributed by atoms with Gasteiger partial charge in [0.15, 0.2) is 0 Å². The number of aromatic amines is 1. The van der Waals surface area contributed by atoms with Gasteiger partial charge in [-0.15, -0.1) is 0 Å². The molecule has 1 aromatic heterocycles. The van der Waals surface area contributed by atoms with Crippen molar-refractivity contribution in [3.63, 3.8) is 0 Å². The van der Waals surface area contributed by atoms with E-state index >= 15 is 0 Å². The third kappa shape index (κ3) is 2.41. The molecular formula is C13H15N3O2. The molecule has 0 aliphatic rings. The van der Waals surface area contributed by atoms with Crippen molar-refractivity contribution in [3.05, 3.63) is 46.8 Å². The molecule has 2 aromatic rings. The average molecular weight is 245 g/mol. The fourth-order valence-corrected chi connectivity index (χ4v) is 1.68. The number of aliphatic hydroxyl groups is 1. The van der Waals surface area contributed by atoms with Crippen LogP contribution in [0.15, 0.2) is 24.3 Å². The predicted molar refractivity (Wildman–Crippen MR) is 68.4 cm³/mol. The van der Waals surface area contributed by atoms with Gasteiger partial charge in [0.05, 0.1) is 23.7 Å². The van der Waals surface area contributed by atoms with E-state index in [-0.39, 0.29) is 12.5 Å². The Morgan fingerprint density at radius 1 is 1.33 bits per heavy atom. The summed E-state index contributed by atoms with van der Waals surface area (Å²) < 4.78 is 0. The third-order valence-electron chi connectivity index (χ3n) is 2.77. The van der Waals surface area contributed by atoms with Crippen LogP contribution in [0.3, 0.4) is 0 Å². The number of aliphatic hydroxyl groups excluding tert-OH is 1. The minimum Gasteiger partial charge on any atom is -0.392 e. The Balaban J connectivity index is 2.17. The summed E-state index contributed by atoms with van der Waals surface area (Å²) in [5.41, 5.74) is 3.63. The van der Waals surface area contributed by atoms with Gasteiger partial charge in [-0.25, -0.2) is 0 Å². The van der Waals surface area contributed by atoms with Gasteiger partial charge in [-0.2, -0.15) is 5.10 Å². The zero-order valence-corrected chi connectivity index (χ0v) is 10.3. The Morgan fingerprint density at radius 2 is 2.00 bits per heavy atom. The first-order valence-corrected chi connectivity index (χ1v) is 5.64. The summed E-state index contributed by atoms with van der Waals surface area (Å²) >= 11 is 0. The summed E-state index contributed by atoms with van der Waals surface area (Å²) in [6, 6.07) is 6.82. The predicted octanol–water partition coefficient (Wildman–Crippen LogP) is 1.77. The van der Waals surface area contributed by atoms with Crippen molar-refractivity contribution < 1.29 is 9.90 Å². The van der Waals surface area contributed by atoms with Gasteiger partial charge in [0, 0.05) is 5.56 Å². The number of hydrogen-bond acceptors (Lipinski definition) is 3. The van der Waals surface area contributed by atoms with Gasteiger partial charge >= 0.3 is 0 Å².